The maximum atomic E-state index is 13.2. The van der Waals surface area contributed by atoms with Gasteiger partial charge in [0.15, 0.2) is 22.7 Å². The largest absolute Gasteiger partial charge is 0.489 e. The predicted molar refractivity (Wildman–Crippen MR) is 170 cm³/mol. The number of oxime groups is 1. The molecule has 2 amide bonds. The molecule has 1 aliphatic rings. The first-order valence-electron chi connectivity index (χ1n) is 14.2. The quantitative estimate of drug-likeness (QED) is 0.0270. The highest BCUT2D eigenvalue weighted by molar-refractivity contribution is 7.80. The monoisotopic (exact) mass is 707 g/mol. The number of β-lactam (4-membered cyclic amide) rings is 1. The number of carboxylic acids is 1. The smallest absolute Gasteiger partial charge is 0.418 e. The van der Waals surface area contributed by atoms with Crippen molar-refractivity contribution in [3.05, 3.63) is 59.4 Å². The molecular formula is C28H35N8O10S2+. The van der Waals surface area contributed by atoms with Crippen LogP contribution in [0.3, 0.4) is 0 Å². The third-order valence-electron chi connectivity index (χ3n) is 7.10. The number of carbonyl (C=O) groups is 3. The summed E-state index contributed by atoms with van der Waals surface area (Å²) in [5.41, 5.74) is 12.1. The average molecular weight is 708 g/mol. The van der Waals surface area contributed by atoms with Crippen LogP contribution in [0.25, 0.3) is 11.1 Å². The number of hydrogen-bond acceptors (Lipinski definition) is 14. The number of hydrogen-bond donors (Lipinski definition) is 6. The Balaban J connectivity index is 1.43. The SMILES string of the molecule is C[n+]1cc(-c2ccc(OCC(O/N=C(\C(=O)N[C@@H]3C(=O)N(OS(=O)(=O)O)C3(C)C)c3csc(N)n3)C(=O)O)cc2)ccc1CNCCN. The number of thiazole rings is 1. The molecule has 48 heavy (non-hydrogen) atoms. The number of carbonyl (C=O) groups excluding carboxylic acids is 2. The number of rotatable bonds is 16. The highest BCUT2D eigenvalue weighted by Crippen LogP contribution is 2.33. The van der Waals surface area contributed by atoms with E-state index < -0.39 is 58.2 Å². The normalized spacial score (nSPS) is 16.6. The van der Waals surface area contributed by atoms with Gasteiger partial charge in [0.2, 0.25) is 0 Å². The lowest BCUT2D eigenvalue weighted by Crippen LogP contribution is -2.76. The average Bonchev–Trinajstić information content (AvgIpc) is 3.46. The number of pyridine rings is 1. The lowest BCUT2D eigenvalue weighted by atomic mass is 9.84. The molecule has 18 nitrogen and oxygen atoms in total. The van der Waals surface area contributed by atoms with Crippen LogP contribution in [0.2, 0.25) is 0 Å². The molecule has 2 atom stereocenters. The van der Waals surface area contributed by atoms with Gasteiger partial charge in [-0.2, -0.15) is 13.5 Å². The van der Waals surface area contributed by atoms with E-state index in [1.807, 2.05) is 42.1 Å². The third-order valence-corrected chi connectivity index (χ3v) is 8.12. The van der Waals surface area contributed by atoms with Crippen LogP contribution in [0.15, 0.2) is 53.1 Å². The molecule has 0 bridgehead atoms. The van der Waals surface area contributed by atoms with E-state index in [0.717, 1.165) is 28.2 Å². The number of anilines is 1. The molecule has 4 rings (SSSR count). The molecule has 1 aromatic carbocycles. The van der Waals surface area contributed by atoms with E-state index in [1.54, 1.807) is 12.1 Å². The summed E-state index contributed by atoms with van der Waals surface area (Å²) in [6, 6.07) is 9.61. The van der Waals surface area contributed by atoms with Gasteiger partial charge in [-0.05, 0) is 37.6 Å². The number of amides is 2. The fraction of sp³-hybridized carbons (Fsp3) is 0.357. The van der Waals surface area contributed by atoms with Gasteiger partial charge in [0.1, 0.15) is 31.1 Å². The molecule has 1 saturated heterocycles. The molecule has 0 saturated carbocycles. The second-order valence-corrected chi connectivity index (χ2v) is 12.9. The van der Waals surface area contributed by atoms with Crippen LogP contribution in [0.5, 0.6) is 5.75 Å². The lowest BCUT2D eigenvalue weighted by Gasteiger charge is -2.50. The molecule has 3 heterocycles. The van der Waals surface area contributed by atoms with E-state index in [1.165, 1.54) is 19.2 Å². The Morgan fingerprint density at radius 2 is 1.90 bits per heavy atom. The number of benzene rings is 1. The van der Waals surface area contributed by atoms with Gasteiger partial charge in [0, 0.05) is 30.1 Å². The summed E-state index contributed by atoms with van der Waals surface area (Å²) in [7, 11) is -3.08. The van der Waals surface area contributed by atoms with Gasteiger partial charge in [0.05, 0.1) is 12.1 Å². The van der Waals surface area contributed by atoms with E-state index in [0.29, 0.717) is 30.4 Å². The van der Waals surface area contributed by atoms with E-state index in [4.69, 9.17) is 25.6 Å². The first kappa shape index (κ1) is 36.1. The van der Waals surface area contributed by atoms with Gasteiger partial charge in [-0.1, -0.05) is 17.3 Å². The van der Waals surface area contributed by atoms with Crippen LogP contribution in [-0.2, 0) is 47.5 Å². The maximum Gasteiger partial charge on any atom is 0.418 e. The predicted octanol–water partition coefficient (Wildman–Crippen LogP) is -0.642. The number of nitrogens with zero attached hydrogens (tertiary/aromatic N) is 4. The van der Waals surface area contributed by atoms with Crippen LogP contribution in [-0.4, -0.2) is 89.0 Å². The molecule has 1 unspecified atom stereocenters. The highest BCUT2D eigenvalue weighted by atomic mass is 32.3. The molecule has 0 aliphatic carbocycles. The van der Waals surface area contributed by atoms with Crippen LogP contribution in [0.4, 0.5) is 5.13 Å². The summed E-state index contributed by atoms with van der Waals surface area (Å²) in [4.78, 5) is 46.9. The van der Waals surface area contributed by atoms with Crippen molar-refractivity contribution in [1.29, 1.82) is 0 Å². The van der Waals surface area contributed by atoms with Crippen LogP contribution in [0.1, 0.15) is 25.2 Å². The van der Waals surface area contributed by atoms with Crippen LogP contribution >= 0.6 is 11.3 Å². The molecule has 2 aromatic heterocycles. The first-order chi connectivity index (χ1) is 22.6. The number of nitrogen functional groups attached to an aromatic ring is 1. The number of carboxylic acid groups (broad SMARTS) is 1. The van der Waals surface area contributed by atoms with E-state index in [9.17, 15) is 27.9 Å². The molecule has 3 aromatic rings. The maximum absolute atomic E-state index is 13.2. The summed E-state index contributed by atoms with van der Waals surface area (Å²) in [5, 5.41) is 20.9. The molecule has 8 N–H and O–H groups in total. The van der Waals surface area contributed by atoms with Crippen molar-refractivity contribution >= 4 is 50.4 Å². The van der Waals surface area contributed by atoms with E-state index in [2.05, 4.69) is 25.1 Å². The van der Waals surface area contributed by atoms with Crippen molar-refractivity contribution in [3.8, 4) is 16.9 Å². The summed E-state index contributed by atoms with van der Waals surface area (Å²) in [6.45, 7) is 4.16. The number of nitrogens with two attached hydrogens (primary N) is 2. The van der Waals surface area contributed by atoms with Crippen molar-refractivity contribution in [2.24, 2.45) is 17.9 Å². The Hall–Kier alpha value is -4.73. The topological polar surface area (TPSA) is 262 Å². The van der Waals surface area contributed by atoms with Crippen LogP contribution in [0, 0.1) is 0 Å². The standard InChI is InChI=1S/C28H34N8O10S2/c1-28(2)23(25(38)36(28)46-48(41,42)43)33-24(37)22(20-15-47-27(30)32-20)34-45-21(26(39)40)14-44-19-8-5-16(6-9-19)17-4-7-18(35(3)13-17)12-31-11-10-29/h4-9,13,15,21,23,31H,10-12,14,29H2,1-3H3,(H4-,30,32,33,37,39,40,41,42,43)/p+1/b34-22-/t21?,23-/m1/s1. The van der Waals surface area contributed by atoms with Crippen molar-refractivity contribution in [3.63, 3.8) is 0 Å². The first-order valence-corrected chi connectivity index (χ1v) is 16.5. The van der Waals surface area contributed by atoms with E-state index in [-0.39, 0.29) is 10.8 Å². The van der Waals surface area contributed by atoms with E-state index >= 15 is 0 Å². The minimum absolute atomic E-state index is 0.0593. The summed E-state index contributed by atoms with van der Waals surface area (Å²) in [5.74, 6) is -3.12. The van der Waals surface area contributed by atoms with Crippen molar-refractivity contribution in [1.82, 2.24) is 20.7 Å². The summed E-state index contributed by atoms with van der Waals surface area (Å²) >= 11 is 0.960. The Morgan fingerprint density at radius 1 is 1.21 bits per heavy atom. The Labute approximate surface area is 279 Å². The van der Waals surface area contributed by atoms with Gasteiger partial charge < -0.3 is 36.8 Å². The number of aromatic nitrogens is 2. The molecular weight excluding hydrogens is 672 g/mol. The zero-order valence-electron chi connectivity index (χ0n) is 26.0. The number of hydroxylamine groups is 2. The van der Waals surface area contributed by atoms with Crippen molar-refractivity contribution in [2.75, 3.05) is 25.4 Å². The Kier molecular flexibility index (Phi) is 11.3. The lowest BCUT2D eigenvalue weighted by molar-refractivity contribution is -0.678. The minimum Gasteiger partial charge on any atom is -0.489 e. The third kappa shape index (κ3) is 8.79. The number of nitrogens with one attached hydrogen (secondary N) is 2. The van der Waals surface area contributed by atoms with Gasteiger partial charge >= 0.3 is 16.4 Å². The number of aliphatic carboxylic acids is 1. The van der Waals surface area contributed by atoms with Crippen molar-refractivity contribution in [2.45, 2.75) is 38.1 Å². The minimum atomic E-state index is -5.02. The van der Waals surface area contributed by atoms with Gasteiger partial charge in [-0.25, -0.2) is 14.3 Å². The Morgan fingerprint density at radius 3 is 2.46 bits per heavy atom. The number of aryl methyl sites for hydroxylation is 1. The zero-order chi connectivity index (χ0) is 35.2. The second kappa shape index (κ2) is 15.0. The fourth-order valence-corrected chi connectivity index (χ4v) is 5.51. The van der Waals surface area contributed by atoms with Gasteiger partial charge in [0.25, 0.3) is 17.9 Å². The van der Waals surface area contributed by atoms with Crippen LogP contribution < -0.4 is 31.4 Å². The van der Waals surface area contributed by atoms with Crippen molar-refractivity contribution < 1.29 is 50.9 Å². The molecule has 20 heteroatoms. The summed E-state index contributed by atoms with van der Waals surface area (Å²) < 4.78 is 43.1. The highest BCUT2D eigenvalue weighted by Gasteiger charge is 2.58. The van der Waals surface area contributed by atoms with Gasteiger partial charge in [-0.15, -0.1) is 15.6 Å². The summed E-state index contributed by atoms with van der Waals surface area (Å²) in [6.07, 6.45) is 0.305. The molecule has 0 spiro atoms. The Bertz CT molecular complexity index is 1800. The molecule has 1 fully saturated rings. The number of ether oxygens (including phenoxy) is 1. The second-order valence-electron chi connectivity index (χ2n) is 11.0. The molecule has 0 radical (unpaired) electrons. The molecule has 1 aliphatic heterocycles. The molecule has 258 valence electrons. The zero-order valence-corrected chi connectivity index (χ0v) is 27.7. The van der Waals surface area contributed by atoms with Gasteiger partial charge in [-0.3, -0.25) is 14.1 Å². The fourth-order valence-electron chi connectivity index (χ4n) is 4.51.